The van der Waals surface area contributed by atoms with E-state index in [1.807, 2.05) is 35.9 Å². The van der Waals surface area contributed by atoms with Crippen molar-refractivity contribution in [3.8, 4) is 22.6 Å². The summed E-state index contributed by atoms with van der Waals surface area (Å²) in [5.74, 6) is -1.84. The molecule has 4 aromatic heterocycles. The molecule has 6 rings (SSSR count). The van der Waals surface area contributed by atoms with Crippen LogP contribution in [0.5, 0.6) is 0 Å². The van der Waals surface area contributed by atoms with E-state index in [4.69, 9.17) is 4.98 Å². The molecule has 1 aliphatic rings. The van der Waals surface area contributed by atoms with Gasteiger partial charge in [-0.15, -0.1) is 0 Å². The number of hydrogen-bond acceptors (Lipinski definition) is 5. The Morgan fingerprint density at radius 1 is 1.06 bits per heavy atom. The third-order valence-electron chi connectivity index (χ3n) is 6.24. The summed E-state index contributed by atoms with van der Waals surface area (Å²) in [6, 6.07) is 9.96. The molecule has 9 heteroatoms. The van der Waals surface area contributed by atoms with Gasteiger partial charge in [-0.3, -0.25) is 20.0 Å². The lowest BCUT2D eigenvalue weighted by Gasteiger charge is -2.15. The van der Waals surface area contributed by atoms with Crippen LogP contribution in [0.25, 0.3) is 44.6 Å². The fourth-order valence-electron chi connectivity index (χ4n) is 4.54. The van der Waals surface area contributed by atoms with Crippen LogP contribution in [0.3, 0.4) is 0 Å². The second-order valence-corrected chi connectivity index (χ2v) is 8.59. The highest BCUT2D eigenvalue weighted by molar-refractivity contribution is 5.95. The van der Waals surface area contributed by atoms with Crippen LogP contribution < -0.4 is 0 Å². The number of aromatic nitrogens is 6. The predicted molar refractivity (Wildman–Crippen MR) is 122 cm³/mol. The zero-order chi connectivity index (χ0) is 22.6. The van der Waals surface area contributed by atoms with E-state index in [0.29, 0.717) is 13.1 Å². The Morgan fingerprint density at radius 3 is 2.79 bits per heavy atom. The summed E-state index contributed by atoms with van der Waals surface area (Å²) in [7, 11) is 1.95. The van der Waals surface area contributed by atoms with Crippen LogP contribution >= 0.6 is 0 Å². The van der Waals surface area contributed by atoms with Gasteiger partial charge in [0.2, 0.25) is 0 Å². The third-order valence-corrected chi connectivity index (χ3v) is 6.24. The smallest absolute Gasteiger partial charge is 0.261 e. The Bertz CT molecular complexity index is 1490. The van der Waals surface area contributed by atoms with Crippen molar-refractivity contribution in [3.63, 3.8) is 0 Å². The number of hydrogen-bond donors (Lipinski definition) is 1. The minimum Gasteiger partial charge on any atom is -0.324 e. The van der Waals surface area contributed by atoms with E-state index in [9.17, 15) is 8.78 Å². The number of pyridine rings is 2. The number of nitrogens with zero attached hydrogens (tertiary/aromatic N) is 6. The van der Waals surface area contributed by atoms with Gasteiger partial charge in [0.15, 0.2) is 5.82 Å². The SMILES string of the molecule is Cn1c(-c2n[nH]c3ccc(-c4cncc(CN5CCC(F)(F)C5)c4)cc23)nc2ccncc21. The van der Waals surface area contributed by atoms with E-state index < -0.39 is 5.92 Å². The van der Waals surface area contributed by atoms with Crippen LogP contribution in [0.2, 0.25) is 0 Å². The van der Waals surface area contributed by atoms with Crippen LogP contribution in [0.15, 0.2) is 55.1 Å². The maximum atomic E-state index is 13.6. The molecule has 1 aliphatic heterocycles. The van der Waals surface area contributed by atoms with Crippen molar-refractivity contribution in [2.24, 2.45) is 7.05 Å². The quantitative estimate of drug-likeness (QED) is 0.443. The number of benzene rings is 1. The van der Waals surface area contributed by atoms with Gasteiger partial charge >= 0.3 is 0 Å². The van der Waals surface area contributed by atoms with Gasteiger partial charge in [0.05, 0.1) is 29.3 Å². The molecule has 0 amide bonds. The number of alkyl halides is 2. The summed E-state index contributed by atoms with van der Waals surface area (Å²) in [5.41, 5.74) is 6.29. The Labute approximate surface area is 188 Å². The Hall–Kier alpha value is -3.72. The van der Waals surface area contributed by atoms with E-state index >= 15 is 0 Å². The molecule has 33 heavy (non-hydrogen) atoms. The van der Waals surface area contributed by atoms with Crippen LogP contribution in [0.1, 0.15) is 12.0 Å². The average Bonchev–Trinajstić information content (AvgIpc) is 3.48. The molecule has 1 saturated heterocycles. The molecule has 166 valence electrons. The Balaban J connectivity index is 1.37. The zero-order valence-corrected chi connectivity index (χ0v) is 18.0. The molecule has 7 nitrogen and oxygen atoms in total. The number of aryl methyl sites for hydroxylation is 1. The molecule has 0 aliphatic carbocycles. The number of imidazole rings is 1. The van der Waals surface area contributed by atoms with E-state index in [2.05, 4.69) is 26.2 Å². The van der Waals surface area contributed by atoms with Crippen molar-refractivity contribution in [3.05, 3.63) is 60.7 Å². The van der Waals surface area contributed by atoms with Crippen molar-refractivity contribution < 1.29 is 8.78 Å². The average molecular weight is 445 g/mol. The largest absolute Gasteiger partial charge is 0.324 e. The highest BCUT2D eigenvalue weighted by Crippen LogP contribution is 2.32. The van der Waals surface area contributed by atoms with Gasteiger partial charge in [-0.05, 0) is 35.4 Å². The number of rotatable bonds is 4. The van der Waals surface area contributed by atoms with Gasteiger partial charge in [-0.25, -0.2) is 13.8 Å². The number of H-pyrrole nitrogens is 1. The van der Waals surface area contributed by atoms with Gasteiger partial charge in [-0.1, -0.05) is 6.07 Å². The molecule has 0 saturated carbocycles. The molecule has 0 radical (unpaired) electrons. The normalized spacial score (nSPS) is 16.2. The standard InChI is InChI=1S/C24H21F2N7/c1-32-21-12-27-6-4-20(21)29-23(32)22-18-9-16(2-3-19(18)30-31-22)17-8-15(10-28-11-17)13-33-7-5-24(25,26)14-33/h2-4,6,8-12H,5,7,13-14H2,1H3,(H,30,31). The molecule has 1 N–H and O–H groups in total. The molecule has 0 spiro atoms. The number of halogens is 2. The lowest BCUT2D eigenvalue weighted by atomic mass is 10.0. The van der Waals surface area contributed by atoms with Crippen LogP contribution in [0.4, 0.5) is 8.78 Å². The molecule has 0 bridgehead atoms. The van der Waals surface area contributed by atoms with Crippen LogP contribution in [-0.2, 0) is 13.6 Å². The number of fused-ring (bicyclic) bond motifs is 2. The van der Waals surface area contributed by atoms with Crippen molar-refractivity contribution in [1.29, 1.82) is 0 Å². The van der Waals surface area contributed by atoms with Crippen molar-refractivity contribution in [1.82, 2.24) is 34.6 Å². The molecule has 1 aromatic carbocycles. The minimum atomic E-state index is -2.60. The van der Waals surface area contributed by atoms with Crippen molar-refractivity contribution in [2.45, 2.75) is 18.9 Å². The summed E-state index contributed by atoms with van der Waals surface area (Å²) in [6.45, 7) is 0.660. The highest BCUT2D eigenvalue weighted by atomic mass is 19.3. The monoisotopic (exact) mass is 445 g/mol. The van der Waals surface area contributed by atoms with Crippen molar-refractivity contribution in [2.75, 3.05) is 13.1 Å². The molecule has 5 heterocycles. The highest BCUT2D eigenvalue weighted by Gasteiger charge is 2.37. The minimum absolute atomic E-state index is 0.0850. The summed E-state index contributed by atoms with van der Waals surface area (Å²) >= 11 is 0. The number of nitrogens with one attached hydrogen (secondary N) is 1. The first-order valence-electron chi connectivity index (χ1n) is 10.8. The summed E-state index contributed by atoms with van der Waals surface area (Å²) in [4.78, 5) is 15.1. The molecule has 0 unspecified atom stereocenters. The molecular formula is C24H21F2N7. The number of likely N-dealkylation sites (tertiary alicyclic amines) is 1. The first-order valence-corrected chi connectivity index (χ1v) is 10.8. The van der Waals surface area contributed by atoms with Gasteiger partial charge in [0.25, 0.3) is 5.92 Å². The van der Waals surface area contributed by atoms with E-state index in [0.717, 1.165) is 50.1 Å². The topological polar surface area (TPSA) is 75.5 Å². The maximum Gasteiger partial charge on any atom is 0.261 e. The van der Waals surface area contributed by atoms with Gasteiger partial charge in [0, 0.05) is 56.1 Å². The van der Waals surface area contributed by atoms with Gasteiger partial charge < -0.3 is 4.57 Å². The second-order valence-electron chi connectivity index (χ2n) is 8.59. The predicted octanol–water partition coefficient (Wildman–Crippen LogP) is 4.41. The lowest BCUT2D eigenvalue weighted by Crippen LogP contribution is -2.24. The third kappa shape index (κ3) is 3.54. The van der Waals surface area contributed by atoms with Gasteiger partial charge in [-0.2, -0.15) is 5.10 Å². The summed E-state index contributed by atoms with van der Waals surface area (Å²) < 4.78 is 29.1. The first-order chi connectivity index (χ1) is 16.0. The second kappa shape index (κ2) is 7.41. The van der Waals surface area contributed by atoms with E-state index in [1.54, 1.807) is 29.7 Å². The molecule has 1 fully saturated rings. The van der Waals surface area contributed by atoms with Crippen LogP contribution in [0, 0.1) is 0 Å². The van der Waals surface area contributed by atoms with Crippen molar-refractivity contribution >= 4 is 21.9 Å². The lowest BCUT2D eigenvalue weighted by molar-refractivity contribution is 0.0115. The van der Waals surface area contributed by atoms with E-state index in [1.165, 1.54) is 0 Å². The van der Waals surface area contributed by atoms with Gasteiger partial charge in [0.1, 0.15) is 5.69 Å². The first kappa shape index (κ1) is 19.9. The summed E-state index contributed by atoms with van der Waals surface area (Å²) in [6.07, 6.45) is 6.97. The van der Waals surface area contributed by atoms with Crippen LogP contribution in [-0.4, -0.2) is 53.6 Å². The molecule has 5 aromatic rings. The fraction of sp³-hybridized carbons (Fsp3) is 0.250. The number of aromatic amines is 1. The fourth-order valence-corrected chi connectivity index (χ4v) is 4.54. The maximum absolute atomic E-state index is 13.6. The Kier molecular flexibility index (Phi) is 4.48. The van der Waals surface area contributed by atoms with E-state index in [-0.39, 0.29) is 13.0 Å². The Morgan fingerprint density at radius 2 is 1.97 bits per heavy atom. The zero-order valence-electron chi connectivity index (χ0n) is 18.0. The molecular weight excluding hydrogens is 424 g/mol. The molecule has 0 atom stereocenters. The summed E-state index contributed by atoms with van der Waals surface area (Å²) in [5, 5.41) is 8.57.